The van der Waals surface area contributed by atoms with E-state index < -0.39 is 24.2 Å². The summed E-state index contributed by atoms with van der Waals surface area (Å²) in [6.45, 7) is 12.3. The van der Waals surface area contributed by atoms with E-state index in [0.29, 0.717) is 38.8 Å². The minimum atomic E-state index is -0.813. The van der Waals surface area contributed by atoms with Crippen LogP contribution in [0.15, 0.2) is 30.3 Å². The van der Waals surface area contributed by atoms with Gasteiger partial charge in [-0.3, -0.25) is 28.9 Å². The number of carbonyl (C=O) groups excluding carboxylic acids is 5. The maximum atomic E-state index is 14.2. The first-order valence-corrected chi connectivity index (χ1v) is 17.3. The number of hydrogen-bond acceptors (Lipinski definition) is 6. The molecule has 0 spiro atoms. The van der Waals surface area contributed by atoms with E-state index in [1.807, 2.05) is 90.9 Å². The molecule has 262 valence electrons. The van der Waals surface area contributed by atoms with Crippen molar-refractivity contribution in [1.29, 1.82) is 0 Å². The molecule has 1 aromatic rings. The van der Waals surface area contributed by atoms with Gasteiger partial charge in [0.15, 0.2) is 0 Å². The van der Waals surface area contributed by atoms with E-state index in [9.17, 15) is 24.0 Å². The summed E-state index contributed by atoms with van der Waals surface area (Å²) in [5.74, 6) is -1.90. The number of nitrogens with zero attached hydrogens (tertiary/aromatic N) is 3. The van der Waals surface area contributed by atoms with Crippen LogP contribution in [0.5, 0.6) is 0 Å². The van der Waals surface area contributed by atoms with Gasteiger partial charge < -0.3 is 25.8 Å². The minimum absolute atomic E-state index is 0.0389. The Labute approximate surface area is 281 Å². The Morgan fingerprint density at radius 1 is 0.809 bits per heavy atom. The van der Waals surface area contributed by atoms with Crippen molar-refractivity contribution in [3.8, 4) is 0 Å². The molecule has 2 aliphatic rings. The quantitative estimate of drug-likeness (QED) is 0.283. The van der Waals surface area contributed by atoms with E-state index in [2.05, 4.69) is 16.0 Å². The van der Waals surface area contributed by atoms with Crippen LogP contribution in [0.4, 0.5) is 0 Å². The molecule has 6 atom stereocenters. The SMILES string of the molecule is CC(C)[C@H](NC(=O)[C@H](C(C)C)N(C)C)C(=O)N(C)[C@H](C(=O)N1CCC[C@H]1C(=O)NC1CCCC1C(=O)NCc1ccccc1)C(C)C. The van der Waals surface area contributed by atoms with E-state index in [1.54, 1.807) is 11.9 Å². The van der Waals surface area contributed by atoms with Crippen molar-refractivity contribution in [1.82, 2.24) is 30.7 Å². The van der Waals surface area contributed by atoms with Crippen LogP contribution in [-0.2, 0) is 30.5 Å². The average Bonchev–Trinajstić information content (AvgIpc) is 3.68. The second-order valence-electron chi connectivity index (χ2n) is 14.6. The molecule has 11 nitrogen and oxygen atoms in total. The molecule has 5 amide bonds. The molecule has 1 saturated heterocycles. The zero-order chi connectivity index (χ0) is 35.0. The smallest absolute Gasteiger partial charge is 0.246 e. The van der Waals surface area contributed by atoms with Gasteiger partial charge in [-0.05, 0) is 63.1 Å². The number of carbonyl (C=O) groups is 5. The number of benzene rings is 1. The van der Waals surface area contributed by atoms with Crippen LogP contribution in [-0.4, -0.2) is 102 Å². The lowest BCUT2D eigenvalue weighted by Crippen LogP contribution is -2.61. The van der Waals surface area contributed by atoms with Crippen molar-refractivity contribution in [2.75, 3.05) is 27.7 Å². The molecule has 47 heavy (non-hydrogen) atoms. The Morgan fingerprint density at radius 3 is 2.02 bits per heavy atom. The molecule has 1 heterocycles. The monoisotopic (exact) mass is 654 g/mol. The average molecular weight is 655 g/mol. The highest BCUT2D eigenvalue weighted by Crippen LogP contribution is 2.28. The van der Waals surface area contributed by atoms with E-state index in [1.165, 1.54) is 4.90 Å². The summed E-state index contributed by atoms with van der Waals surface area (Å²) in [6.07, 6.45) is 3.42. The summed E-state index contributed by atoms with van der Waals surface area (Å²) >= 11 is 0. The van der Waals surface area contributed by atoms with Crippen LogP contribution in [0.1, 0.15) is 79.2 Å². The van der Waals surface area contributed by atoms with Gasteiger partial charge in [0.25, 0.3) is 0 Å². The molecule has 2 unspecified atom stereocenters. The summed E-state index contributed by atoms with van der Waals surface area (Å²) in [4.78, 5) is 73.1. The zero-order valence-electron chi connectivity index (χ0n) is 29.9. The van der Waals surface area contributed by atoms with Gasteiger partial charge in [0.1, 0.15) is 18.1 Å². The Kier molecular flexibility index (Phi) is 13.8. The molecule has 2 fully saturated rings. The maximum Gasteiger partial charge on any atom is 0.246 e. The molecule has 1 saturated carbocycles. The Morgan fingerprint density at radius 2 is 1.45 bits per heavy atom. The van der Waals surface area contributed by atoms with Crippen molar-refractivity contribution in [3.63, 3.8) is 0 Å². The molecule has 1 aliphatic carbocycles. The van der Waals surface area contributed by atoms with Gasteiger partial charge in [0.05, 0.1) is 12.0 Å². The maximum absolute atomic E-state index is 14.2. The van der Waals surface area contributed by atoms with E-state index in [0.717, 1.165) is 12.0 Å². The summed E-state index contributed by atoms with van der Waals surface area (Å²) in [7, 11) is 5.29. The lowest BCUT2D eigenvalue weighted by Gasteiger charge is -2.38. The van der Waals surface area contributed by atoms with Crippen molar-refractivity contribution in [3.05, 3.63) is 35.9 Å². The van der Waals surface area contributed by atoms with Crippen molar-refractivity contribution in [2.45, 2.75) is 110 Å². The summed E-state index contributed by atoms with van der Waals surface area (Å²) < 4.78 is 0. The number of likely N-dealkylation sites (tertiary alicyclic amines) is 1. The number of amides is 5. The lowest BCUT2D eigenvalue weighted by molar-refractivity contribution is -0.151. The predicted molar refractivity (Wildman–Crippen MR) is 183 cm³/mol. The van der Waals surface area contributed by atoms with Gasteiger partial charge in [-0.2, -0.15) is 0 Å². The first-order chi connectivity index (χ1) is 22.1. The molecule has 3 N–H and O–H groups in total. The second-order valence-corrected chi connectivity index (χ2v) is 14.6. The summed E-state index contributed by atoms with van der Waals surface area (Å²) in [5, 5.41) is 9.10. The molecule has 1 aromatic carbocycles. The highest BCUT2D eigenvalue weighted by atomic mass is 16.2. The third kappa shape index (κ3) is 9.55. The standard InChI is InChI=1S/C36H58N6O5/c1-22(2)29(39-34(45)30(23(3)4)40(7)8)35(46)41(9)31(24(5)6)36(47)42-20-14-19-28(42)33(44)38-27-18-13-17-26(27)32(43)37-21-25-15-11-10-12-16-25/h10-12,15-16,22-24,26-31H,13-14,17-21H2,1-9H3,(H,37,43)(H,38,44)(H,39,45)/t26?,27?,28-,29-,30-,31-/m0/s1. The molecular formula is C36H58N6O5. The first kappa shape index (κ1) is 38.0. The number of likely N-dealkylation sites (N-methyl/N-ethyl adjacent to an activating group) is 2. The second kappa shape index (κ2) is 17.1. The number of rotatable bonds is 14. The fourth-order valence-corrected chi connectivity index (χ4v) is 7.25. The van der Waals surface area contributed by atoms with Crippen LogP contribution in [0.3, 0.4) is 0 Å². The van der Waals surface area contributed by atoms with Crippen LogP contribution in [0.25, 0.3) is 0 Å². The van der Waals surface area contributed by atoms with Gasteiger partial charge in [-0.15, -0.1) is 0 Å². The lowest BCUT2D eigenvalue weighted by atomic mass is 9.96. The van der Waals surface area contributed by atoms with Gasteiger partial charge in [0, 0.05) is 26.2 Å². The summed E-state index contributed by atoms with van der Waals surface area (Å²) in [6, 6.07) is 6.71. The third-order valence-electron chi connectivity index (χ3n) is 9.66. The van der Waals surface area contributed by atoms with Crippen LogP contribution in [0, 0.1) is 23.7 Å². The number of nitrogens with one attached hydrogen (secondary N) is 3. The molecule has 0 radical (unpaired) electrons. The summed E-state index contributed by atoms with van der Waals surface area (Å²) in [5.41, 5.74) is 1.01. The fourth-order valence-electron chi connectivity index (χ4n) is 7.25. The zero-order valence-corrected chi connectivity index (χ0v) is 29.9. The normalized spacial score (nSPS) is 21.6. The molecule has 11 heteroatoms. The molecule has 0 bridgehead atoms. The Balaban J connectivity index is 1.70. The third-order valence-corrected chi connectivity index (χ3v) is 9.66. The molecule has 0 aromatic heterocycles. The van der Waals surface area contributed by atoms with Crippen LogP contribution >= 0.6 is 0 Å². The fraction of sp³-hybridized carbons (Fsp3) is 0.694. The molecular weight excluding hydrogens is 596 g/mol. The predicted octanol–water partition coefficient (Wildman–Crippen LogP) is 2.79. The van der Waals surface area contributed by atoms with E-state index >= 15 is 0 Å². The van der Waals surface area contributed by atoms with Gasteiger partial charge in [0.2, 0.25) is 29.5 Å². The van der Waals surface area contributed by atoms with Gasteiger partial charge in [-0.1, -0.05) is 78.3 Å². The van der Waals surface area contributed by atoms with Gasteiger partial charge >= 0.3 is 0 Å². The van der Waals surface area contributed by atoms with Gasteiger partial charge in [-0.25, -0.2) is 0 Å². The first-order valence-electron chi connectivity index (χ1n) is 17.3. The van der Waals surface area contributed by atoms with Crippen molar-refractivity contribution >= 4 is 29.5 Å². The minimum Gasteiger partial charge on any atom is -0.352 e. The van der Waals surface area contributed by atoms with Crippen molar-refractivity contribution in [2.24, 2.45) is 23.7 Å². The highest BCUT2D eigenvalue weighted by molar-refractivity contribution is 5.95. The molecule has 3 rings (SSSR count). The van der Waals surface area contributed by atoms with Crippen LogP contribution < -0.4 is 16.0 Å². The Hall–Kier alpha value is -3.47. The van der Waals surface area contributed by atoms with Crippen LogP contribution in [0.2, 0.25) is 0 Å². The molecule has 1 aliphatic heterocycles. The van der Waals surface area contributed by atoms with E-state index in [-0.39, 0.29) is 59.2 Å². The van der Waals surface area contributed by atoms with E-state index in [4.69, 9.17) is 0 Å². The Bertz CT molecular complexity index is 1230. The number of hydrogen-bond donors (Lipinski definition) is 3. The van der Waals surface area contributed by atoms with Crippen molar-refractivity contribution < 1.29 is 24.0 Å². The largest absolute Gasteiger partial charge is 0.352 e. The topological polar surface area (TPSA) is 131 Å². The highest BCUT2D eigenvalue weighted by Gasteiger charge is 2.44.